The maximum absolute atomic E-state index is 12.3. The van der Waals surface area contributed by atoms with Crippen LogP contribution in [0.1, 0.15) is 12.5 Å². The number of alkyl halides is 2. The van der Waals surface area contributed by atoms with Crippen LogP contribution >= 0.6 is 11.8 Å². The Labute approximate surface area is 159 Å². The fourth-order valence-electron chi connectivity index (χ4n) is 2.10. The summed E-state index contributed by atoms with van der Waals surface area (Å²) in [5.74, 6) is -3.33. The lowest BCUT2D eigenvalue weighted by Crippen LogP contribution is -2.13. The second-order valence-corrected chi connectivity index (χ2v) is 6.39. The lowest BCUT2D eigenvalue weighted by atomic mass is 10.1. The summed E-state index contributed by atoms with van der Waals surface area (Å²) in [6.07, 6.45) is 1.41. The fourth-order valence-corrected chi connectivity index (χ4v) is 2.60. The normalized spacial score (nSPS) is 11.0. The highest BCUT2D eigenvalue weighted by atomic mass is 32.2. The third-order valence-corrected chi connectivity index (χ3v) is 3.97. The SMILES string of the molecule is CC(=O)Nc1ccc(/C=C(\C#N)C(=O)Nc2ccc(SC(F)F)cc2)cc1. The molecule has 27 heavy (non-hydrogen) atoms. The van der Waals surface area contributed by atoms with Crippen LogP contribution in [0.5, 0.6) is 0 Å². The van der Waals surface area contributed by atoms with Gasteiger partial charge in [0.15, 0.2) is 0 Å². The van der Waals surface area contributed by atoms with Gasteiger partial charge in [0.05, 0.1) is 0 Å². The van der Waals surface area contributed by atoms with Crippen molar-refractivity contribution in [2.45, 2.75) is 17.6 Å². The molecule has 138 valence electrons. The predicted octanol–water partition coefficient (Wildman–Crippen LogP) is 4.51. The molecule has 2 N–H and O–H groups in total. The summed E-state index contributed by atoms with van der Waals surface area (Å²) in [7, 11) is 0. The second-order valence-electron chi connectivity index (χ2n) is 5.33. The van der Waals surface area contributed by atoms with Gasteiger partial charge in [-0.1, -0.05) is 23.9 Å². The van der Waals surface area contributed by atoms with Crippen molar-refractivity contribution in [3.05, 3.63) is 59.7 Å². The Kier molecular flexibility index (Phi) is 7.08. The number of nitrogens with one attached hydrogen (secondary N) is 2. The standard InChI is InChI=1S/C19H15F2N3O2S/c1-12(25)23-15-4-2-13(3-5-15)10-14(11-22)18(26)24-16-6-8-17(9-7-16)27-19(20)21/h2-10,19H,1H3,(H,23,25)(H,24,26)/b14-10+. The zero-order valence-corrected chi connectivity index (χ0v) is 15.0. The van der Waals surface area contributed by atoms with Gasteiger partial charge in [-0.05, 0) is 48.0 Å². The lowest BCUT2D eigenvalue weighted by Gasteiger charge is -2.06. The maximum atomic E-state index is 12.3. The summed E-state index contributed by atoms with van der Waals surface area (Å²) in [6, 6.07) is 14.3. The van der Waals surface area contributed by atoms with Crippen molar-refractivity contribution in [2.75, 3.05) is 10.6 Å². The number of hydrogen-bond donors (Lipinski definition) is 2. The van der Waals surface area contributed by atoms with E-state index in [4.69, 9.17) is 0 Å². The van der Waals surface area contributed by atoms with E-state index in [2.05, 4.69) is 10.6 Å². The quantitative estimate of drug-likeness (QED) is 0.434. The first-order valence-corrected chi connectivity index (χ1v) is 8.61. The van der Waals surface area contributed by atoms with E-state index in [-0.39, 0.29) is 11.5 Å². The molecule has 2 aromatic rings. The minimum atomic E-state index is -2.52. The van der Waals surface area contributed by atoms with Crippen LogP contribution in [0.2, 0.25) is 0 Å². The van der Waals surface area contributed by atoms with Crippen LogP contribution in [0.25, 0.3) is 6.08 Å². The molecule has 0 spiro atoms. The van der Waals surface area contributed by atoms with Crippen molar-refractivity contribution in [2.24, 2.45) is 0 Å². The highest BCUT2D eigenvalue weighted by molar-refractivity contribution is 7.99. The van der Waals surface area contributed by atoms with E-state index in [9.17, 15) is 23.6 Å². The molecule has 8 heteroatoms. The molecule has 2 amide bonds. The summed E-state index contributed by atoms with van der Waals surface area (Å²) in [6.45, 7) is 1.39. The fraction of sp³-hybridized carbons (Fsp3) is 0.105. The third-order valence-electron chi connectivity index (χ3n) is 3.24. The van der Waals surface area contributed by atoms with E-state index in [0.29, 0.717) is 33.6 Å². The number of amides is 2. The number of thioether (sulfide) groups is 1. The minimum Gasteiger partial charge on any atom is -0.326 e. The average molecular weight is 387 g/mol. The molecule has 2 aromatic carbocycles. The average Bonchev–Trinajstić information content (AvgIpc) is 2.61. The highest BCUT2D eigenvalue weighted by Gasteiger charge is 2.10. The number of halogens is 2. The Hall–Kier alpha value is -3.18. The van der Waals surface area contributed by atoms with Crippen LogP contribution in [0, 0.1) is 11.3 Å². The number of rotatable bonds is 6. The van der Waals surface area contributed by atoms with E-state index in [1.165, 1.54) is 37.3 Å². The van der Waals surface area contributed by atoms with Crippen molar-refractivity contribution >= 4 is 41.0 Å². The highest BCUT2D eigenvalue weighted by Crippen LogP contribution is 2.26. The van der Waals surface area contributed by atoms with Crippen molar-refractivity contribution in [1.29, 1.82) is 5.26 Å². The smallest absolute Gasteiger partial charge is 0.288 e. The van der Waals surface area contributed by atoms with Gasteiger partial charge >= 0.3 is 0 Å². The van der Waals surface area contributed by atoms with Gasteiger partial charge in [0.1, 0.15) is 11.6 Å². The van der Waals surface area contributed by atoms with Crippen molar-refractivity contribution < 1.29 is 18.4 Å². The number of benzene rings is 2. The van der Waals surface area contributed by atoms with Crippen LogP contribution in [-0.2, 0) is 9.59 Å². The van der Waals surface area contributed by atoms with Crippen LogP contribution in [0.3, 0.4) is 0 Å². The topological polar surface area (TPSA) is 82.0 Å². The number of anilines is 2. The van der Waals surface area contributed by atoms with Gasteiger partial charge in [-0.15, -0.1) is 0 Å². The molecule has 0 aliphatic heterocycles. The van der Waals surface area contributed by atoms with E-state index in [1.54, 1.807) is 24.3 Å². The Balaban J connectivity index is 2.07. The Morgan fingerprint density at radius 1 is 1.04 bits per heavy atom. The van der Waals surface area contributed by atoms with Gasteiger partial charge in [-0.2, -0.15) is 14.0 Å². The molecular weight excluding hydrogens is 372 g/mol. The molecule has 0 unspecified atom stereocenters. The monoisotopic (exact) mass is 387 g/mol. The molecular formula is C19H15F2N3O2S. The zero-order valence-electron chi connectivity index (χ0n) is 14.2. The molecule has 2 rings (SSSR count). The predicted molar refractivity (Wildman–Crippen MR) is 101 cm³/mol. The summed E-state index contributed by atoms with van der Waals surface area (Å²) in [5, 5.41) is 14.4. The Morgan fingerprint density at radius 2 is 1.59 bits per heavy atom. The van der Waals surface area contributed by atoms with Gasteiger partial charge in [-0.25, -0.2) is 0 Å². The summed E-state index contributed by atoms with van der Waals surface area (Å²) in [4.78, 5) is 23.6. The first-order chi connectivity index (χ1) is 12.9. The molecule has 0 saturated heterocycles. The molecule has 0 aliphatic rings. The summed E-state index contributed by atoms with van der Waals surface area (Å²) < 4.78 is 24.6. The lowest BCUT2D eigenvalue weighted by molar-refractivity contribution is -0.114. The molecule has 0 aromatic heterocycles. The Bertz CT molecular complexity index is 889. The number of hydrogen-bond acceptors (Lipinski definition) is 4. The van der Waals surface area contributed by atoms with E-state index in [1.807, 2.05) is 6.07 Å². The molecule has 5 nitrogen and oxygen atoms in total. The molecule has 0 aliphatic carbocycles. The minimum absolute atomic E-state index is 0.117. The van der Waals surface area contributed by atoms with E-state index in [0.717, 1.165) is 0 Å². The van der Waals surface area contributed by atoms with Crippen LogP contribution in [0.15, 0.2) is 59.0 Å². The van der Waals surface area contributed by atoms with Gasteiger partial charge < -0.3 is 10.6 Å². The first kappa shape index (κ1) is 20.1. The number of nitriles is 1. The zero-order chi connectivity index (χ0) is 19.8. The van der Waals surface area contributed by atoms with E-state index < -0.39 is 11.7 Å². The number of carbonyl (C=O) groups excluding carboxylic acids is 2. The summed E-state index contributed by atoms with van der Waals surface area (Å²) >= 11 is 0.407. The first-order valence-electron chi connectivity index (χ1n) is 7.73. The third kappa shape index (κ3) is 6.56. The largest absolute Gasteiger partial charge is 0.326 e. The van der Waals surface area contributed by atoms with E-state index >= 15 is 0 Å². The van der Waals surface area contributed by atoms with Crippen LogP contribution in [0.4, 0.5) is 20.2 Å². The number of carbonyl (C=O) groups is 2. The number of nitrogens with zero attached hydrogens (tertiary/aromatic N) is 1. The molecule has 0 atom stereocenters. The van der Waals surface area contributed by atoms with Crippen molar-refractivity contribution in [3.63, 3.8) is 0 Å². The molecule has 0 fully saturated rings. The van der Waals surface area contributed by atoms with Gasteiger partial charge in [0.2, 0.25) is 5.91 Å². The van der Waals surface area contributed by atoms with Crippen LogP contribution < -0.4 is 10.6 Å². The molecule has 0 radical (unpaired) electrons. The van der Waals surface area contributed by atoms with Crippen LogP contribution in [-0.4, -0.2) is 17.6 Å². The van der Waals surface area contributed by atoms with Crippen molar-refractivity contribution in [3.8, 4) is 6.07 Å². The van der Waals surface area contributed by atoms with Crippen molar-refractivity contribution in [1.82, 2.24) is 0 Å². The molecule has 0 bridgehead atoms. The molecule has 0 saturated carbocycles. The maximum Gasteiger partial charge on any atom is 0.288 e. The Morgan fingerprint density at radius 3 is 2.11 bits per heavy atom. The van der Waals surface area contributed by atoms with Gasteiger partial charge in [0.25, 0.3) is 11.7 Å². The molecule has 0 heterocycles. The van der Waals surface area contributed by atoms with Gasteiger partial charge in [-0.3, -0.25) is 9.59 Å². The summed E-state index contributed by atoms with van der Waals surface area (Å²) in [5.41, 5.74) is 1.48. The van der Waals surface area contributed by atoms with Gasteiger partial charge in [0, 0.05) is 23.2 Å². The second kappa shape index (κ2) is 9.50.